The number of amides is 1. The molecule has 0 atom stereocenters. The first-order chi connectivity index (χ1) is 9.38. The van der Waals surface area contributed by atoms with Gasteiger partial charge in [0.2, 0.25) is 0 Å². The molecule has 0 aliphatic heterocycles. The first kappa shape index (κ1) is 15.3. The Morgan fingerprint density at radius 1 is 1.10 bits per heavy atom. The van der Waals surface area contributed by atoms with Gasteiger partial charge in [-0.3, -0.25) is 4.79 Å². The van der Waals surface area contributed by atoms with Crippen molar-refractivity contribution in [1.29, 1.82) is 0 Å². The molecule has 0 spiro atoms. The average Bonchev–Trinajstić information content (AvgIpc) is 2.32. The molecule has 0 fully saturated rings. The Hall–Kier alpha value is -1.07. The van der Waals surface area contributed by atoms with E-state index in [4.69, 9.17) is 46.4 Å². The van der Waals surface area contributed by atoms with Crippen molar-refractivity contribution in [1.82, 2.24) is 4.98 Å². The van der Waals surface area contributed by atoms with Crippen molar-refractivity contribution in [2.45, 2.75) is 0 Å². The summed E-state index contributed by atoms with van der Waals surface area (Å²) < 4.78 is 13.5. The Morgan fingerprint density at radius 3 is 2.30 bits per heavy atom. The topological polar surface area (TPSA) is 42.0 Å². The molecule has 8 heteroatoms. The fourth-order valence-electron chi connectivity index (χ4n) is 1.45. The fraction of sp³-hybridized carbons (Fsp3) is 0. The number of nitrogens with zero attached hydrogens (tertiary/aromatic N) is 1. The standard InChI is InChI=1S/C12H5Cl4FN2O/c13-5-1-6(14)11(7(15)2-5)12(20)19-9-3-10(16)18-4-8(9)17/h1-4H,(H,18,19,20). The number of halogens is 5. The summed E-state index contributed by atoms with van der Waals surface area (Å²) in [6.45, 7) is 0. The third kappa shape index (κ3) is 3.33. The maximum atomic E-state index is 13.5. The summed E-state index contributed by atoms with van der Waals surface area (Å²) in [6, 6.07) is 3.89. The summed E-state index contributed by atoms with van der Waals surface area (Å²) in [4.78, 5) is 15.6. The number of pyridine rings is 1. The smallest absolute Gasteiger partial charge is 0.258 e. The van der Waals surface area contributed by atoms with Crippen LogP contribution >= 0.6 is 46.4 Å². The largest absolute Gasteiger partial charge is 0.319 e. The number of carbonyl (C=O) groups excluding carboxylic acids is 1. The number of nitrogens with one attached hydrogen (secondary N) is 1. The van der Waals surface area contributed by atoms with Gasteiger partial charge in [-0.2, -0.15) is 0 Å². The molecule has 104 valence electrons. The molecule has 1 amide bonds. The normalized spacial score (nSPS) is 10.4. The predicted molar refractivity (Wildman–Crippen MR) is 78.6 cm³/mol. The molecule has 2 rings (SSSR count). The highest BCUT2D eigenvalue weighted by Crippen LogP contribution is 2.30. The van der Waals surface area contributed by atoms with E-state index in [1.807, 2.05) is 0 Å². The molecule has 0 aliphatic carbocycles. The van der Waals surface area contributed by atoms with Gasteiger partial charge in [-0.1, -0.05) is 46.4 Å². The molecule has 0 saturated heterocycles. The first-order valence-corrected chi connectivity index (χ1v) is 6.66. The Bertz CT molecular complexity index is 670. The zero-order valence-corrected chi connectivity index (χ0v) is 12.6. The second-order valence-electron chi connectivity index (χ2n) is 3.69. The van der Waals surface area contributed by atoms with E-state index in [1.165, 1.54) is 18.2 Å². The van der Waals surface area contributed by atoms with Crippen LogP contribution in [0.25, 0.3) is 0 Å². The molecular weight excluding hydrogens is 349 g/mol. The van der Waals surface area contributed by atoms with Crippen molar-refractivity contribution in [3.63, 3.8) is 0 Å². The van der Waals surface area contributed by atoms with E-state index >= 15 is 0 Å². The van der Waals surface area contributed by atoms with E-state index in [-0.39, 0.29) is 31.5 Å². The number of rotatable bonds is 2. The molecule has 0 radical (unpaired) electrons. The van der Waals surface area contributed by atoms with E-state index in [2.05, 4.69) is 10.3 Å². The molecule has 3 nitrogen and oxygen atoms in total. The Labute approximate surface area is 133 Å². The van der Waals surface area contributed by atoms with E-state index < -0.39 is 11.7 Å². The van der Waals surface area contributed by atoms with Gasteiger partial charge >= 0.3 is 0 Å². The predicted octanol–water partition coefficient (Wildman–Crippen LogP) is 5.09. The second kappa shape index (κ2) is 6.14. The second-order valence-corrected chi connectivity index (χ2v) is 5.32. The monoisotopic (exact) mass is 352 g/mol. The summed E-state index contributed by atoms with van der Waals surface area (Å²) in [7, 11) is 0. The summed E-state index contributed by atoms with van der Waals surface area (Å²) >= 11 is 23.2. The van der Waals surface area contributed by atoms with Crippen LogP contribution < -0.4 is 5.32 Å². The van der Waals surface area contributed by atoms with Crippen LogP contribution in [0.3, 0.4) is 0 Å². The van der Waals surface area contributed by atoms with E-state index in [9.17, 15) is 9.18 Å². The van der Waals surface area contributed by atoms with Gasteiger partial charge in [-0.15, -0.1) is 0 Å². The molecule has 20 heavy (non-hydrogen) atoms. The van der Waals surface area contributed by atoms with Crippen LogP contribution in [0.5, 0.6) is 0 Å². The minimum absolute atomic E-state index is 0.00920. The van der Waals surface area contributed by atoms with Crippen LogP contribution in [0.4, 0.5) is 10.1 Å². The molecule has 0 saturated carbocycles. The fourth-order valence-corrected chi connectivity index (χ4v) is 2.60. The number of aromatic nitrogens is 1. The third-order valence-corrected chi connectivity index (χ3v) is 3.33. The minimum atomic E-state index is -0.732. The van der Waals surface area contributed by atoms with E-state index in [1.54, 1.807) is 0 Å². The Kier molecular flexibility index (Phi) is 4.70. The van der Waals surface area contributed by atoms with E-state index in [0.717, 1.165) is 6.20 Å². The molecule has 2 aromatic rings. The van der Waals surface area contributed by atoms with Crippen LogP contribution in [0.2, 0.25) is 20.2 Å². The number of carbonyl (C=O) groups is 1. The van der Waals surface area contributed by atoms with Crippen molar-refractivity contribution in [2.75, 3.05) is 5.32 Å². The maximum Gasteiger partial charge on any atom is 0.258 e. The quantitative estimate of drug-likeness (QED) is 0.764. The van der Waals surface area contributed by atoms with Crippen LogP contribution in [0.1, 0.15) is 10.4 Å². The Morgan fingerprint density at radius 2 is 1.70 bits per heavy atom. The van der Waals surface area contributed by atoms with Gasteiger partial charge in [0, 0.05) is 11.1 Å². The lowest BCUT2D eigenvalue weighted by Gasteiger charge is -2.09. The van der Waals surface area contributed by atoms with Gasteiger partial charge in [-0.05, 0) is 12.1 Å². The van der Waals surface area contributed by atoms with Crippen molar-refractivity contribution in [2.24, 2.45) is 0 Å². The van der Waals surface area contributed by atoms with Crippen molar-refractivity contribution >= 4 is 58.0 Å². The van der Waals surface area contributed by atoms with Gasteiger partial charge in [-0.25, -0.2) is 9.37 Å². The number of anilines is 1. The molecule has 1 aromatic carbocycles. The van der Waals surface area contributed by atoms with Crippen molar-refractivity contribution < 1.29 is 9.18 Å². The van der Waals surface area contributed by atoms with Crippen LogP contribution in [-0.2, 0) is 0 Å². The van der Waals surface area contributed by atoms with E-state index in [0.29, 0.717) is 0 Å². The third-order valence-electron chi connectivity index (χ3n) is 2.30. The maximum absolute atomic E-state index is 13.5. The van der Waals surface area contributed by atoms with Crippen LogP contribution in [0.15, 0.2) is 24.4 Å². The summed E-state index contributed by atoms with van der Waals surface area (Å²) in [5, 5.41) is 2.75. The zero-order valence-electron chi connectivity index (χ0n) is 9.55. The molecule has 0 bridgehead atoms. The molecule has 1 aromatic heterocycles. The summed E-state index contributed by atoms with van der Waals surface area (Å²) in [6.07, 6.45) is 0.892. The number of hydrogen-bond donors (Lipinski definition) is 1. The van der Waals surface area contributed by atoms with Gasteiger partial charge in [0.15, 0.2) is 5.82 Å². The van der Waals surface area contributed by atoms with Gasteiger partial charge in [0.1, 0.15) is 5.15 Å². The molecule has 1 N–H and O–H groups in total. The minimum Gasteiger partial charge on any atom is -0.319 e. The average molecular weight is 354 g/mol. The summed E-state index contributed by atoms with van der Waals surface area (Å²) in [5.41, 5.74) is -0.137. The summed E-state index contributed by atoms with van der Waals surface area (Å²) in [5.74, 6) is -1.42. The van der Waals surface area contributed by atoms with Gasteiger partial charge < -0.3 is 5.32 Å². The number of hydrogen-bond acceptors (Lipinski definition) is 2. The first-order valence-electron chi connectivity index (χ1n) is 5.15. The number of benzene rings is 1. The van der Waals surface area contributed by atoms with Crippen LogP contribution in [-0.4, -0.2) is 10.9 Å². The highest BCUT2D eigenvalue weighted by molar-refractivity contribution is 6.42. The SMILES string of the molecule is O=C(Nc1cc(Cl)ncc1F)c1c(Cl)cc(Cl)cc1Cl. The zero-order chi connectivity index (χ0) is 14.9. The molecule has 1 heterocycles. The highest BCUT2D eigenvalue weighted by Gasteiger charge is 2.17. The van der Waals surface area contributed by atoms with Crippen LogP contribution in [0, 0.1) is 5.82 Å². The lowest BCUT2D eigenvalue weighted by Crippen LogP contribution is -2.14. The van der Waals surface area contributed by atoms with Crippen molar-refractivity contribution in [3.8, 4) is 0 Å². The lowest BCUT2D eigenvalue weighted by atomic mass is 10.2. The molecule has 0 unspecified atom stereocenters. The van der Waals surface area contributed by atoms with Crippen molar-refractivity contribution in [3.05, 3.63) is 56.0 Å². The van der Waals surface area contributed by atoms with Gasteiger partial charge in [0.05, 0.1) is 27.5 Å². The molecular formula is C12H5Cl4FN2O. The lowest BCUT2D eigenvalue weighted by molar-refractivity contribution is 0.102. The Balaban J connectivity index is 2.36. The van der Waals surface area contributed by atoms with Gasteiger partial charge in [0.25, 0.3) is 5.91 Å². The molecule has 0 aliphatic rings. The highest BCUT2D eigenvalue weighted by atomic mass is 35.5.